The van der Waals surface area contributed by atoms with Crippen LogP contribution in [-0.2, 0) is 7.05 Å². The first-order valence-corrected chi connectivity index (χ1v) is 5.43. The van der Waals surface area contributed by atoms with Gasteiger partial charge in [-0.25, -0.2) is 14.0 Å². The van der Waals surface area contributed by atoms with Gasteiger partial charge >= 0.3 is 5.69 Å². The third-order valence-corrected chi connectivity index (χ3v) is 2.71. The third kappa shape index (κ3) is 1.85. The lowest BCUT2D eigenvalue weighted by molar-refractivity contribution is 0.393. The smallest absolute Gasteiger partial charge is 0.350 e. The first kappa shape index (κ1) is 12.2. The van der Waals surface area contributed by atoms with Gasteiger partial charge in [0.1, 0.15) is 17.3 Å². The molecule has 6 heteroatoms. The van der Waals surface area contributed by atoms with Crippen LogP contribution in [0, 0.1) is 6.92 Å². The summed E-state index contributed by atoms with van der Waals surface area (Å²) in [4.78, 5) is 12.0. The monoisotopic (exact) mass is 249 g/mol. The van der Waals surface area contributed by atoms with Crippen molar-refractivity contribution < 1.29 is 9.47 Å². The van der Waals surface area contributed by atoms with Gasteiger partial charge in [-0.1, -0.05) is 0 Å². The van der Waals surface area contributed by atoms with Crippen LogP contribution in [-0.4, -0.2) is 28.6 Å². The summed E-state index contributed by atoms with van der Waals surface area (Å²) in [6.45, 7) is 1.77. The van der Waals surface area contributed by atoms with Gasteiger partial charge in [0.2, 0.25) is 0 Å². The van der Waals surface area contributed by atoms with Crippen molar-refractivity contribution in [1.82, 2.24) is 14.3 Å². The Morgan fingerprint density at radius 1 is 1.22 bits per heavy atom. The van der Waals surface area contributed by atoms with Crippen LogP contribution in [0.25, 0.3) is 5.69 Å². The molecule has 1 aromatic heterocycles. The van der Waals surface area contributed by atoms with Crippen LogP contribution in [0.15, 0.2) is 23.0 Å². The Kier molecular flexibility index (Phi) is 3.10. The molecule has 2 aromatic rings. The summed E-state index contributed by atoms with van der Waals surface area (Å²) in [6, 6.07) is 5.28. The molecular formula is C12H15N3O3. The van der Waals surface area contributed by atoms with Crippen molar-refractivity contribution in [2.24, 2.45) is 7.05 Å². The quantitative estimate of drug-likeness (QED) is 0.810. The molecule has 2 rings (SSSR count). The summed E-state index contributed by atoms with van der Waals surface area (Å²) in [6.07, 6.45) is 0. The van der Waals surface area contributed by atoms with Gasteiger partial charge in [0.25, 0.3) is 0 Å². The van der Waals surface area contributed by atoms with Gasteiger partial charge in [0.05, 0.1) is 19.9 Å². The van der Waals surface area contributed by atoms with E-state index in [9.17, 15) is 4.79 Å². The van der Waals surface area contributed by atoms with Crippen LogP contribution in [0.4, 0.5) is 0 Å². The zero-order valence-electron chi connectivity index (χ0n) is 10.8. The topological polar surface area (TPSA) is 58.3 Å². The van der Waals surface area contributed by atoms with E-state index < -0.39 is 0 Å². The molecule has 0 radical (unpaired) electrons. The number of benzene rings is 1. The highest BCUT2D eigenvalue weighted by Crippen LogP contribution is 2.27. The van der Waals surface area contributed by atoms with Gasteiger partial charge in [-0.2, -0.15) is 5.10 Å². The molecule has 0 fully saturated rings. The number of aryl methyl sites for hydroxylation is 2. The van der Waals surface area contributed by atoms with Gasteiger partial charge in [-0.15, -0.1) is 0 Å². The summed E-state index contributed by atoms with van der Waals surface area (Å²) < 4.78 is 13.2. The Balaban J connectivity index is 2.67. The second-order valence-electron chi connectivity index (χ2n) is 3.83. The van der Waals surface area contributed by atoms with Gasteiger partial charge < -0.3 is 9.47 Å². The highest BCUT2D eigenvalue weighted by Gasteiger charge is 2.14. The number of rotatable bonds is 3. The van der Waals surface area contributed by atoms with Gasteiger partial charge in [-0.3, -0.25) is 0 Å². The predicted molar refractivity (Wildman–Crippen MR) is 66.6 cm³/mol. The molecule has 0 saturated carbocycles. The molecule has 0 bridgehead atoms. The number of nitrogens with zero attached hydrogens (tertiary/aromatic N) is 3. The van der Waals surface area contributed by atoms with Crippen molar-refractivity contribution in [3.05, 3.63) is 34.5 Å². The summed E-state index contributed by atoms with van der Waals surface area (Å²) in [5.74, 6) is 1.84. The van der Waals surface area contributed by atoms with Crippen LogP contribution in [0.1, 0.15) is 5.82 Å². The summed E-state index contributed by atoms with van der Waals surface area (Å²) in [5, 5.41) is 4.09. The molecule has 0 aliphatic carbocycles. The predicted octanol–water partition coefficient (Wildman–Crippen LogP) is 0.897. The van der Waals surface area contributed by atoms with E-state index in [-0.39, 0.29) is 5.69 Å². The number of ether oxygens (including phenoxy) is 2. The zero-order valence-corrected chi connectivity index (χ0v) is 10.8. The van der Waals surface area contributed by atoms with Crippen LogP contribution < -0.4 is 15.2 Å². The van der Waals surface area contributed by atoms with Crippen LogP contribution in [0.3, 0.4) is 0 Å². The van der Waals surface area contributed by atoms with Crippen molar-refractivity contribution in [3.63, 3.8) is 0 Å². The Bertz CT molecular complexity index is 628. The first-order chi connectivity index (χ1) is 8.58. The highest BCUT2D eigenvalue weighted by molar-refractivity contribution is 5.51. The summed E-state index contributed by atoms with van der Waals surface area (Å²) >= 11 is 0. The Morgan fingerprint density at radius 3 is 2.44 bits per heavy atom. The maximum Gasteiger partial charge on any atom is 0.350 e. The lowest BCUT2D eigenvalue weighted by Crippen LogP contribution is -2.22. The Morgan fingerprint density at radius 2 is 1.94 bits per heavy atom. The molecule has 0 aliphatic heterocycles. The van der Waals surface area contributed by atoms with E-state index in [0.29, 0.717) is 23.0 Å². The van der Waals surface area contributed by atoms with Crippen molar-refractivity contribution in [3.8, 4) is 17.2 Å². The fourth-order valence-corrected chi connectivity index (χ4v) is 1.83. The van der Waals surface area contributed by atoms with Gasteiger partial charge in [-0.05, 0) is 19.1 Å². The number of aromatic nitrogens is 3. The molecular weight excluding hydrogens is 234 g/mol. The molecule has 1 aromatic carbocycles. The van der Waals surface area contributed by atoms with Crippen LogP contribution in [0.5, 0.6) is 11.5 Å². The third-order valence-electron chi connectivity index (χ3n) is 2.71. The fourth-order valence-electron chi connectivity index (χ4n) is 1.83. The lowest BCUT2D eigenvalue weighted by atomic mass is 10.2. The van der Waals surface area contributed by atoms with E-state index >= 15 is 0 Å². The number of methoxy groups -OCH3 is 2. The summed E-state index contributed by atoms with van der Waals surface area (Å²) in [7, 11) is 4.74. The van der Waals surface area contributed by atoms with Gasteiger partial charge in [0.15, 0.2) is 0 Å². The second-order valence-corrected chi connectivity index (χ2v) is 3.83. The van der Waals surface area contributed by atoms with E-state index in [1.54, 1.807) is 46.4 Å². The molecule has 0 spiro atoms. The maximum absolute atomic E-state index is 12.0. The van der Waals surface area contributed by atoms with E-state index in [1.165, 1.54) is 9.25 Å². The van der Waals surface area contributed by atoms with Crippen molar-refractivity contribution in [1.29, 1.82) is 0 Å². The average Bonchev–Trinajstić information content (AvgIpc) is 2.62. The second kappa shape index (κ2) is 4.56. The minimum Gasteiger partial charge on any atom is -0.497 e. The molecule has 1 heterocycles. The van der Waals surface area contributed by atoms with E-state index in [4.69, 9.17) is 9.47 Å². The van der Waals surface area contributed by atoms with Crippen LogP contribution >= 0.6 is 0 Å². The molecule has 18 heavy (non-hydrogen) atoms. The van der Waals surface area contributed by atoms with E-state index in [0.717, 1.165) is 0 Å². The standard InChI is InChI=1S/C12H15N3O3/c1-8-13-14(2)12(16)15(8)10-6-5-9(17-3)7-11(10)18-4/h5-7H,1-4H3. The first-order valence-electron chi connectivity index (χ1n) is 5.43. The molecule has 0 saturated heterocycles. The number of hydrogen-bond acceptors (Lipinski definition) is 4. The maximum atomic E-state index is 12.0. The van der Waals surface area contributed by atoms with E-state index in [2.05, 4.69) is 5.10 Å². The molecule has 0 amide bonds. The normalized spacial score (nSPS) is 10.4. The Labute approximate surface area is 104 Å². The largest absolute Gasteiger partial charge is 0.497 e. The van der Waals surface area contributed by atoms with Crippen molar-refractivity contribution in [2.75, 3.05) is 14.2 Å². The van der Waals surface area contributed by atoms with Crippen LogP contribution in [0.2, 0.25) is 0 Å². The minimum atomic E-state index is -0.212. The summed E-state index contributed by atoms with van der Waals surface area (Å²) in [5.41, 5.74) is 0.435. The fraction of sp³-hybridized carbons (Fsp3) is 0.333. The highest BCUT2D eigenvalue weighted by atomic mass is 16.5. The molecule has 96 valence electrons. The lowest BCUT2D eigenvalue weighted by Gasteiger charge is -2.10. The number of hydrogen-bond donors (Lipinski definition) is 0. The Hall–Kier alpha value is -2.24. The zero-order chi connectivity index (χ0) is 13.3. The van der Waals surface area contributed by atoms with Crippen molar-refractivity contribution >= 4 is 0 Å². The molecule has 0 atom stereocenters. The molecule has 0 N–H and O–H groups in total. The average molecular weight is 249 g/mol. The minimum absolute atomic E-state index is 0.212. The van der Waals surface area contributed by atoms with Crippen molar-refractivity contribution in [2.45, 2.75) is 6.92 Å². The molecule has 0 aliphatic rings. The van der Waals surface area contributed by atoms with E-state index in [1.807, 2.05) is 0 Å². The molecule has 6 nitrogen and oxygen atoms in total. The van der Waals surface area contributed by atoms with Gasteiger partial charge in [0, 0.05) is 13.1 Å². The SMILES string of the molecule is COc1ccc(-n2c(C)nn(C)c2=O)c(OC)c1. The molecule has 0 unspecified atom stereocenters.